The zero-order chi connectivity index (χ0) is 9.68. The Kier molecular flexibility index (Phi) is 2.82. The van der Waals surface area contributed by atoms with Crippen LogP contribution in [-0.4, -0.2) is 17.4 Å². The van der Waals surface area contributed by atoms with Crippen LogP contribution < -0.4 is 10.7 Å². The van der Waals surface area contributed by atoms with Crippen LogP contribution in [0.1, 0.15) is 10.4 Å². The highest BCUT2D eigenvalue weighted by atomic mass is 16.2. The van der Waals surface area contributed by atoms with E-state index in [1.54, 1.807) is 6.07 Å². The molecular formula is C8H7N3O2. The Hall–Kier alpha value is -2.09. The van der Waals surface area contributed by atoms with Crippen molar-refractivity contribution in [3.63, 3.8) is 0 Å². The molecular weight excluding hydrogens is 170 g/mol. The second-order valence-corrected chi connectivity index (χ2v) is 2.26. The molecule has 0 saturated carbocycles. The molecule has 0 radical (unpaired) electrons. The van der Waals surface area contributed by atoms with Crippen LogP contribution in [0.5, 0.6) is 0 Å². The minimum Gasteiger partial charge on any atom is -0.367 e. The number of carbonyl (C=O) groups is 1. The number of hydrogen-bond donors (Lipinski definition) is 2. The molecule has 66 valence electrons. The van der Waals surface area contributed by atoms with Gasteiger partial charge in [0.05, 0.1) is 6.07 Å². The summed E-state index contributed by atoms with van der Waals surface area (Å²) in [6.07, 6.45) is 2.73. The molecule has 0 aliphatic heterocycles. The number of pyridine rings is 1. The van der Waals surface area contributed by atoms with Crippen molar-refractivity contribution in [2.24, 2.45) is 0 Å². The van der Waals surface area contributed by atoms with Crippen LogP contribution in [-0.2, 0) is 0 Å². The monoisotopic (exact) mass is 177 g/mol. The summed E-state index contributed by atoms with van der Waals surface area (Å²) in [5.41, 5.74) is -0.355. The van der Waals surface area contributed by atoms with Gasteiger partial charge in [-0.3, -0.25) is 9.59 Å². The molecule has 0 aromatic carbocycles. The average molecular weight is 177 g/mol. The average Bonchev–Trinajstić information content (AvgIpc) is 2.15. The molecule has 5 nitrogen and oxygen atoms in total. The number of aromatic amines is 1. The fraction of sp³-hybridized carbons (Fsp3) is 0.125. The van der Waals surface area contributed by atoms with Crippen LogP contribution in [0.25, 0.3) is 0 Å². The minimum atomic E-state index is -0.539. The Morgan fingerprint density at radius 3 is 3.08 bits per heavy atom. The highest BCUT2D eigenvalue weighted by Gasteiger charge is 2.07. The zero-order valence-electron chi connectivity index (χ0n) is 6.70. The van der Waals surface area contributed by atoms with Gasteiger partial charge in [-0.2, -0.15) is 5.26 Å². The van der Waals surface area contributed by atoms with Crippen molar-refractivity contribution >= 4 is 5.91 Å². The van der Waals surface area contributed by atoms with Gasteiger partial charge in [-0.05, 0) is 0 Å². The SMILES string of the molecule is N#CCNC(=O)c1c[nH]ccc1=O. The molecule has 1 rings (SSSR count). The Labute approximate surface area is 74.0 Å². The Bertz CT molecular complexity index is 402. The molecule has 1 amide bonds. The van der Waals surface area contributed by atoms with E-state index in [4.69, 9.17) is 5.26 Å². The van der Waals surface area contributed by atoms with Crippen molar-refractivity contribution in [2.75, 3.05) is 6.54 Å². The van der Waals surface area contributed by atoms with E-state index in [0.717, 1.165) is 0 Å². The molecule has 0 saturated heterocycles. The van der Waals surface area contributed by atoms with Crippen LogP contribution in [0.3, 0.4) is 0 Å². The summed E-state index contributed by atoms with van der Waals surface area (Å²) in [6.45, 7) is -0.104. The second-order valence-electron chi connectivity index (χ2n) is 2.26. The number of aromatic nitrogens is 1. The first kappa shape index (κ1) is 9.00. The van der Waals surface area contributed by atoms with Crippen molar-refractivity contribution in [1.82, 2.24) is 10.3 Å². The lowest BCUT2D eigenvalue weighted by Crippen LogP contribution is -2.28. The van der Waals surface area contributed by atoms with Crippen LogP contribution in [0.2, 0.25) is 0 Å². The highest BCUT2D eigenvalue weighted by molar-refractivity contribution is 5.93. The molecule has 0 atom stereocenters. The maximum absolute atomic E-state index is 11.1. The van der Waals surface area contributed by atoms with E-state index in [2.05, 4.69) is 10.3 Å². The van der Waals surface area contributed by atoms with E-state index in [1.807, 2.05) is 0 Å². The van der Waals surface area contributed by atoms with E-state index < -0.39 is 5.91 Å². The standard InChI is InChI=1S/C8H7N3O2/c9-2-4-11-8(13)6-5-10-3-1-7(6)12/h1,3,5H,4H2,(H,10,12)(H,11,13). The van der Waals surface area contributed by atoms with E-state index in [-0.39, 0.29) is 17.5 Å². The fourth-order valence-electron chi connectivity index (χ4n) is 0.809. The van der Waals surface area contributed by atoms with Crippen LogP contribution in [0.15, 0.2) is 23.3 Å². The van der Waals surface area contributed by atoms with Crippen LogP contribution in [0, 0.1) is 11.3 Å². The van der Waals surface area contributed by atoms with Gasteiger partial charge in [0.2, 0.25) is 0 Å². The van der Waals surface area contributed by atoms with Gasteiger partial charge in [-0.1, -0.05) is 0 Å². The van der Waals surface area contributed by atoms with Crippen LogP contribution in [0.4, 0.5) is 0 Å². The molecule has 0 bridgehead atoms. The molecule has 5 heteroatoms. The molecule has 1 heterocycles. The normalized spacial score (nSPS) is 8.85. The minimum absolute atomic E-state index is 0.0118. The third-order valence-corrected chi connectivity index (χ3v) is 1.40. The van der Waals surface area contributed by atoms with Gasteiger partial charge in [0.15, 0.2) is 5.43 Å². The van der Waals surface area contributed by atoms with Crippen molar-refractivity contribution in [2.45, 2.75) is 0 Å². The van der Waals surface area contributed by atoms with Gasteiger partial charge >= 0.3 is 0 Å². The van der Waals surface area contributed by atoms with E-state index in [9.17, 15) is 9.59 Å². The summed E-state index contributed by atoms with van der Waals surface area (Å²) in [7, 11) is 0. The van der Waals surface area contributed by atoms with Gasteiger partial charge in [0, 0.05) is 18.5 Å². The number of carbonyl (C=O) groups excluding carboxylic acids is 1. The molecule has 1 aromatic rings. The summed E-state index contributed by atoms with van der Waals surface area (Å²) in [4.78, 5) is 24.8. The third kappa shape index (κ3) is 2.17. The summed E-state index contributed by atoms with van der Waals surface area (Å²) in [6, 6.07) is 2.99. The Morgan fingerprint density at radius 2 is 2.46 bits per heavy atom. The van der Waals surface area contributed by atoms with Crippen LogP contribution >= 0.6 is 0 Å². The molecule has 0 spiro atoms. The van der Waals surface area contributed by atoms with Gasteiger partial charge < -0.3 is 10.3 Å². The maximum Gasteiger partial charge on any atom is 0.257 e. The summed E-state index contributed by atoms with van der Waals surface area (Å²) in [5, 5.41) is 10.5. The van der Waals surface area contributed by atoms with Crippen molar-refractivity contribution in [1.29, 1.82) is 5.26 Å². The first-order chi connectivity index (χ1) is 6.25. The number of nitrogens with zero attached hydrogens (tertiary/aromatic N) is 1. The Balaban J connectivity index is 2.85. The number of rotatable bonds is 2. The highest BCUT2D eigenvalue weighted by Crippen LogP contribution is 1.86. The molecule has 1 aromatic heterocycles. The first-order valence-corrected chi connectivity index (χ1v) is 3.58. The molecule has 0 aliphatic rings. The first-order valence-electron chi connectivity index (χ1n) is 3.58. The second kappa shape index (κ2) is 4.07. The number of hydrogen-bond acceptors (Lipinski definition) is 3. The molecule has 13 heavy (non-hydrogen) atoms. The third-order valence-electron chi connectivity index (χ3n) is 1.40. The van der Waals surface area contributed by atoms with Gasteiger partial charge in [0.25, 0.3) is 5.91 Å². The number of H-pyrrole nitrogens is 1. The predicted molar refractivity (Wildman–Crippen MR) is 45.0 cm³/mol. The molecule has 2 N–H and O–H groups in total. The lowest BCUT2D eigenvalue weighted by Gasteiger charge is -1.97. The molecule has 0 fully saturated rings. The van der Waals surface area contributed by atoms with Gasteiger partial charge in [-0.15, -0.1) is 0 Å². The van der Waals surface area contributed by atoms with Crippen molar-refractivity contribution < 1.29 is 4.79 Å². The Morgan fingerprint density at radius 1 is 1.69 bits per heavy atom. The van der Waals surface area contributed by atoms with Gasteiger partial charge in [0.1, 0.15) is 12.1 Å². The summed E-state index contributed by atoms with van der Waals surface area (Å²) in [5.74, 6) is -0.539. The zero-order valence-corrected chi connectivity index (χ0v) is 6.70. The number of nitrogens with one attached hydrogen (secondary N) is 2. The van der Waals surface area contributed by atoms with Gasteiger partial charge in [-0.25, -0.2) is 0 Å². The summed E-state index contributed by atoms with van der Waals surface area (Å²) < 4.78 is 0. The fourth-order valence-corrected chi connectivity index (χ4v) is 0.809. The predicted octanol–water partition coefficient (Wildman–Crippen LogP) is -0.372. The topological polar surface area (TPSA) is 85.8 Å². The van der Waals surface area contributed by atoms with Crippen molar-refractivity contribution in [3.8, 4) is 6.07 Å². The number of amides is 1. The summed E-state index contributed by atoms with van der Waals surface area (Å²) >= 11 is 0. The lowest BCUT2D eigenvalue weighted by atomic mass is 10.2. The lowest BCUT2D eigenvalue weighted by molar-refractivity contribution is 0.0957. The van der Waals surface area contributed by atoms with E-state index >= 15 is 0 Å². The maximum atomic E-state index is 11.1. The smallest absolute Gasteiger partial charge is 0.257 e. The van der Waals surface area contributed by atoms with Crippen molar-refractivity contribution in [3.05, 3.63) is 34.2 Å². The quantitative estimate of drug-likeness (QED) is 0.604. The van der Waals surface area contributed by atoms with E-state index in [1.165, 1.54) is 18.5 Å². The largest absolute Gasteiger partial charge is 0.367 e. The molecule has 0 unspecified atom stereocenters. The van der Waals surface area contributed by atoms with E-state index in [0.29, 0.717) is 0 Å². The molecule has 0 aliphatic carbocycles. The number of nitriles is 1.